The summed E-state index contributed by atoms with van der Waals surface area (Å²) in [6, 6.07) is 15.3. The van der Waals surface area contributed by atoms with Gasteiger partial charge in [-0.1, -0.05) is 18.2 Å². The summed E-state index contributed by atoms with van der Waals surface area (Å²) in [6.07, 6.45) is 4.82. The highest BCUT2D eigenvalue weighted by molar-refractivity contribution is 5.91. The quantitative estimate of drug-likeness (QED) is 0.694. The van der Waals surface area contributed by atoms with Crippen molar-refractivity contribution < 1.29 is 14.3 Å². The molecule has 6 nitrogen and oxygen atoms in total. The second-order valence-corrected chi connectivity index (χ2v) is 5.52. The molecule has 132 valence electrons. The van der Waals surface area contributed by atoms with Gasteiger partial charge in [0.2, 0.25) is 5.91 Å². The minimum absolute atomic E-state index is 0.518. The van der Waals surface area contributed by atoms with Crippen molar-refractivity contribution in [2.45, 2.75) is 0 Å². The van der Waals surface area contributed by atoms with E-state index in [9.17, 15) is 4.79 Å². The molecule has 0 spiro atoms. The molecule has 0 aliphatic rings. The van der Waals surface area contributed by atoms with Crippen LogP contribution in [0.1, 0.15) is 5.56 Å². The highest BCUT2D eigenvalue weighted by Gasteiger charge is 2.13. The molecule has 0 saturated carbocycles. The van der Waals surface area contributed by atoms with Gasteiger partial charge in [-0.2, -0.15) is 5.10 Å². The Balaban J connectivity index is 2.13. The smallest absolute Gasteiger partial charge is 0.241 e. The first-order chi connectivity index (χ1) is 12.6. The minimum Gasteiger partial charge on any atom is -0.493 e. The van der Waals surface area contributed by atoms with Crippen LogP contribution in [0.4, 0.5) is 0 Å². The van der Waals surface area contributed by atoms with Crippen molar-refractivity contribution in [2.24, 2.45) is 5.73 Å². The number of hydrogen-bond donors (Lipinski definition) is 1. The topological polar surface area (TPSA) is 79.4 Å². The standard InChI is InChI=1S/C20H19N3O3/c1-25-17-10-8-14(12-18(17)26-2)20-15(9-11-19(21)24)13-23(22-20)16-6-4-3-5-7-16/h3-13H,1-2H3,(H2,21,24)/b11-9+. The summed E-state index contributed by atoms with van der Waals surface area (Å²) in [5, 5.41) is 4.68. The fourth-order valence-electron chi connectivity index (χ4n) is 2.60. The Hall–Kier alpha value is -3.54. The fraction of sp³-hybridized carbons (Fsp3) is 0.100. The van der Waals surface area contributed by atoms with Crippen molar-refractivity contribution in [2.75, 3.05) is 14.2 Å². The molecule has 3 rings (SSSR count). The van der Waals surface area contributed by atoms with Gasteiger partial charge >= 0.3 is 0 Å². The molecule has 0 fully saturated rings. The van der Waals surface area contributed by atoms with Gasteiger partial charge in [-0.25, -0.2) is 4.68 Å². The zero-order valence-corrected chi connectivity index (χ0v) is 14.5. The molecule has 0 saturated heterocycles. The third kappa shape index (κ3) is 3.59. The zero-order valence-electron chi connectivity index (χ0n) is 14.5. The van der Waals surface area contributed by atoms with E-state index >= 15 is 0 Å². The van der Waals surface area contributed by atoms with E-state index in [0.717, 1.165) is 16.8 Å². The molecule has 0 radical (unpaired) electrons. The number of aromatic nitrogens is 2. The maximum absolute atomic E-state index is 11.2. The Kier molecular flexibility index (Phi) is 5.03. The maximum atomic E-state index is 11.2. The largest absolute Gasteiger partial charge is 0.493 e. The molecular weight excluding hydrogens is 330 g/mol. The number of para-hydroxylation sites is 1. The molecule has 1 heterocycles. The number of ether oxygens (including phenoxy) is 2. The van der Waals surface area contributed by atoms with E-state index < -0.39 is 5.91 Å². The number of methoxy groups -OCH3 is 2. The van der Waals surface area contributed by atoms with Crippen LogP contribution in [-0.4, -0.2) is 29.9 Å². The average Bonchev–Trinajstić information content (AvgIpc) is 3.10. The van der Waals surface area contributed by atoms with Crippen LogP contribution in [0.2, 0.25) is 0 Å². The van der Waals surface area contributed by atoms with E-state index in [1.54, 1.807) is 25.0 Å². The van der Waals surface area contributed by atoms with Crippen LogP contribution in [0, 0.1) is 0 Å². The molecule has 1 aromatic heterocycles. The molecule has 0 bridgehead atoms. The summed E-state index contributed by atoms with van der Waals surface area (Å²) in [6.45, 7) is 0. The van der Waals surface area contributed by atoms with E-state index in [4.69, 9.17) is 15.2 Å². The minimum atomic E-state index is -0.518. The predicted octanol–water partition coefficient (Wildman–Crippen LogP) is 3.06. The van der Waals surface area contributed by atoms with Crippen LogP contribution < -0.4 is 15.2 Å². The van der Waals surface area contributed by atoms with Crippen LogP contribution in [-0.2, 0) is 4.79 Å². The maximum Gasteiger partial charge on any atom is 0.241 e. The third-order valence-electron chi connectivity index (χ3n) is 3.85. The Labute approximate surface area is 151 Å². The van der Waals surface area contributed by atoms with E-state index in [2.05, 4.69) is 5.10 Å². The highest BCUT2D eigenvalue weighted by atomic mass is 16.5. The lowest BCUT2D eigenvalue weighted by Gasteiger charge is -2.09. The SMILES string of the molecule is COc1ccc(-c2nn(-c3ccccc3)cc2/C=C/C(N)=O)cc1OC. The average molecular weight is 349 g/mol. The normalized spacial score (nSPS) is 10.8. The number of benzene rings is 2. The number of nitrogens with two attached hydrogens (primary N) is 1. The molecule has 0 atom stereocenters. The van der Waals surface area contributed by atoms with Gasteiger partial charge in [0.15, 0.2) is 11.5 Å². The van der Waals surface area contributed by atoms with Crippen molar-refractivity contribution in [3.8, 4) is 28.4 Å². The summed E-state index contributed by atoms with van der Waals surface area (Å²) >= 11 is 0. The van der Waals surface area contributed by atoms with E-state index in [0.29, 0.717) is 17.2 Å². The van der Waals surface area contributed by atoms with E-state index in [-0.39, 0.29) is 0 Å². The number of hydrogen-bond acceptors (Lipinski definition) is 4. The molecule has 2 N–H and O–H groups in total. The van der Waals surface area contributed by atoms with Crippen LogP contribution in [0.25, 0.3) is 23.0 Å². The molecule has 6 heteroatoms. The molecule has 2 aromatic carbocycles. The van der Waals surface area contributed by atoms with Gasteiger partial charge < -0.3 is 15.2 Å². The molecule has 3 aromatic rings. The third-order valence-corrected chi connectivity index (χ3v) is 3.85. The summed E-state index contributed by atoms with van der Waals surface area (Å²) < 4.78 is 12.4. The number of carbonyl (C=O) groups excluding carboxylic acids is 1. The summed E-state index contributed by atoms with van der Waals surface area (Å²) in [5.41, 5.74) is 8.45. The second-order valence-electron chi connectivity index (χ2n) is 5.52. The molecule has 0 unspecified atom stereocenters. The van der Waals surface area contributed by atoms with Crippen LogP contribution in [0.3, 0.4) is 0 Å². The lowest BCUT2D eigenvalue weighted by atomic mass is 10.1. The lowest BCUT2D eigenvalue weighted by Crippen LogP contribution is -2.05. The number of nitrogens with zero attached hydrogens (tertiary/aromatic N) is 2. The van der Waals surface area contributed by atoms with Gasteiger partial charge in [0.25, 0.3) is 0 Å². The predicted molar refractivity (Wildman–Crippen MR) is 100 cm³/mol. The Bertz CT molecular complexity index is 946. The first-order valence-corrected chi connectivity index (χ1v) is 7.97. The molecular formula is C20H19N3O3. The van der Waals surface area contributed by atoms with Gasteiger partial charge in [0.1, 0.15) is 5.69 Å². The van der Waals surface area contributed by atoms with Gasteiger partial charge in [-0.05, 0) is 36.4 Å². The van der Waals surface area contributed by atoms with E-state index in [1.165, 1.54) is 6.08 Å². The Morgan fingerprint density at radius 3 is 2.46 bits per heavy atom. The van der Waals surface area contributed by atoms with Gasteiger partial charge in [0.05, 0.1) is 19.9 Å². The van der Waals surface area contributed by atoms with E-state index in [1.807, 2.05) is 54.7 Å². The van der Waals surface area contributed by atoms with Crippen molar-refractivity contribution in [3.05, 3.63) is 66.4 Å². The Morgan fingerprint density at radius 1 is 1.08 bits per heavy atom. The molecule has 26 heavy (non-hydrogen) atoms. The first kappa shape index (κ1) is 17.3. The van der Waals surface area contributed by atoms with Crippen molar-refractivity contribution >= 4 is 12.0 Å². The fourth-order valence-corrected chi connectivity index (χ4v) is 2.60. The Morgan fingerprint density at radius 2 is 1.81 bits per heavy atom. The van der Waals surface area contributed by atoms with Crippen molar-refractivity contribution in [1.29, 1.82) is 0 Å². The zero-order chi connectivity index (χ0) is 18.5. The van der Waals surface area contributed by atoms with Crippen LogP contribution in [0.15, 0.2) is 60.8 Å². The van der Waals surface area contributed by atoms with Gasteiger partial charge in [0, 0.05) is 23.4 Å². The highest BCUT2D eigenvalue weighted by Crippen LogP contribution is 2.33. The molecule has 1 amide bonds. The van der Waals surface area contributed by atoms with Gasteiger partial charge in [-0.3, -0.25) is 4.79 Å². The number of primary amides is 1. The molecule has 0 aliphatic carbocycles. The summed E-state index contributed by atoms with van der Waals surface area (Å²) in [5.74, 6) is 0.716. The number of carbonyl (C=O) groups is 1. The summed E-state index contributed by atoms with van der Waals surface area (Å²) in [7, 11) is 3.17. The summed E-state index contributed by atoms with van der Waals surface area (Å²) in [4.78, 5) is 11.2. The lowest BCUT2D eigenvalue weighted by molar-refractivity contribution is -0.113. The van der Waals surface area contributed by atoms with Crippen molar-refractivity contribution in [1.82, 2.24) is 9.78 Å². The number of rotatable bonds is 6. The number of amides is 1. The van der Waals surface area contributed by atoms with Crippen LogP contribution >= 0.6 is 0 Å². The second kappa shape index (κ2) is 7.57. The van der Waals surface area contributed by atoms with Gasteiger partial charge in [-0.15, -0.1) is 0 Å². The monoisotopic (exact) mass is 349 g/mol. The molecule has 0 aliphatic heterocycles. The van der Waals surface area contributed by atoms with Crippen LogP contribution in [0.5, 0.6) is 11.5 Å². The first-order valence-electron chi connectivity index (χ1n) is 7.97. The van der Waals surface area contributed by atoms with Crippen molar-refractivity contribution in [3.63, 3.8) is 0 Å².